The van der Waals surface area contributed by atoms with Crippen LogP contribution in [0.15, 0.2) is 0 Å². The summed E-state index contributed by atoms with van der Waals surface area (Å²) < 4.78 is 0. The van der Waals surface area contributed by atoms with Gasteiger partial charge >= 0.3 is 0 Å². The molecule has 13 heavy (non-hydrogen) atoms. The van der Waals surface area contributed by atoms with E-state index in [9.17, 15) is 4.79 Å². The zero-order valence-corrected chi connectivity index (χ0v) is 9.05. The lowest BCUT2D eigenvalue weighted by Gasteiger charge is -2.26. The third-order valence-electron chi connectivity index (χ3n) is 2.89. The van der Waals surface area contributed by atoms with Gasteiger partial charge in [0.15, 0.2) is 0 Å². The zero-order chi connectivity index (χ0) is 9.84. The van der Waals surface area contributed by atoms with E-state index in [4.69, 9.17) is 0 Å². The van der Waals surface area contributed by atoms with Gasteiger partial charge in [0.25, 0.3) is 0 Å². The van der Waals surface area contributed by atoms with Crippen LogP contribution >= 0.6 is 0 Å². The van der Waals surface area contributed by atoms with Gasteiger partial charge in [0, 0.05) is 19.0 Å². The first-order valence-electron chi connectivity index (χ1n) is 5.48. The maximum atomic E-state index is 11.6. The van der Waals surface area contributed by atoms with Crippen LogP contribution in [0.25, 0.3) is 0 Å². The van der Waals surface area contributed by atoms with Crippen LogP contribution in [-0.4, -0.2) is 23.4 Å². The summed E-state index contributed by atoms with van der Waals surface area (Å²) in [6, 6.07) is 0.502. The molecule has 76 valence electrons. The molecular weight excluding hydrogens is 162 g/mol. The molecule has 0 aromatic carbocycles. The molecule has 2 heteroatoms. The zero-order valence-electron chi connectivity index (χ0n) is 9.05. The Hall–Kier alpha value is -0.530. The molecule has 0 bridgehead atoms. The number of rotatable bonds is 4. The minimum atomic E-state index is 0.368. The molecule has 0 radical (unpaired) electrons. The Labute approximate surface area is 81.3 Å². The fourth-order valence-electron chi connectivity index (χ4n) is 2.18. The summed E-state index contributed by atoms with van der Waals surface area (Å²) >= 11 is 0. The highest BCUT2D eigenvalue weighted by Gasteiger charge is 2.30. The summed E-state index contributed by atoms with van der Waals surface area (Å²) in [6.45, 7) is 7.51. The number of carbonyl (C=O) groups is 1. The van der Waals surface area contributed by atoms with Gasteiger partial charge in [-0.1, -0.05) is 27.2 Å². The normalized spacial score (nSPS) is 25.3. The lowest BCUT2D eigenvalue weighted by atomic mass is 10.1. The van der Waals surface area contributed by atoms with E-state index in [0.717, 1.165) is 25.8 Å². The van der Waals surface area contributed by atoms with Crippen molar-refractivity contribution >= 4 is 5.91 Å². The van der Waals surface area contributed by atoms with E-state index in [1.165, 1.54) is 6.42 Å². The fourth-order valence-corrected chi connectivity index (χ4v) is 2.18. The molecule has 0 aliphatic carbocycles. The number of nitrogens with zero attached hydrogens (tertiary/aromatic N) is 1. The van der Waals surface area contributed by atoms with Crippen molar-refractivity contribution in [2.45, 2.75) is 52.5 Å². The highest BCUT2D eigenvalue weighted by atomic mass is 16.2. The molecule has 1 amide bonds. The second-order valence-electron chi connectivity index (χ2n) is 4.21. The van der Waals surface area contributed by atoms with Gasteiger partial charge in [0.2, 0.25) is 5.91 Å². The molecule has 1 heterocycles. The first-order valence-corrected chi connectivity index (χ1v) is 5.48. The number of hydrogen-bond acceptors (Lipinski definition) is 1. The Kier molecular flexibility index (Phi) is 3.76. The summed E-state index contributed by atoms with van der Waals surface area (Å²) in [4.78, 5) is 13.7. The van der Waals surface area contributed by atoms with Crippen molar-refractivity contribution in [1.29, 1.82) is 0 Å². The first-order chi connectivity index (χ1) is 6.19. The highest BCUT2D eigenvalue weighted by Crippen LogP contribution is 2.22. The Morgan fingerprint density at radius 2 is 2.23 bits per heavy atom. The molecule has 0 N–H and O–H groups in total. The van der Waals surface area contributed by atoms with E-state index < -0.39 is 0 Å². The molecule has 0 aromatic rings. The molecule has 2 unspecified atom stereocenters. The van der Waals surface area contributed by atoms with Crippen molar-refractivity contribution in [2.24, 2.45) is 5.92 Å². The smallest absolute Gasteiger partial charge is 0.223 e. The van der Waals surface area contributed by atoms with Crippen molar-refractivity contribution < 1.29 is 4.79 Å². The van der Waals surface area contributed by atoms with Crippen LogP contribution in [0.2, 0.25) is 0 Å². The van der Waals surface area contributed by atoms with E-state index in [2.05, 4.69) is 25.7 Å². The van der Waals surface area contributed by atoms with Gasteiger partial charge in [-0.25, -0.2) is 0 Å². The standard InChI is InChI=1S/C11H21NO/c1-4-6-10(5-2)12-8-9(3)7-11(12)13/h9-10H,4-8H2,1-3H3. The third-order valence-corrected chi connectivity index (χ3v) is 2.89. The van der Waals surface area contributed by atoms with E-state index in [1.807, 2.05) is 0 Å². The van der Waals surface area contributed by atoms with Crippen LogP contribution in [0.4, 0.5) is 0 Å². The number of amides is 1. The first kappa shape index (κ1) is 10.6. The van der Waals surface area contributed by atoms with Crippen LogP contribution in [-0.2, 0) is 4.79 Å². The highest BCUT2D eigenvalue weighted by molar-refractivity contribution is 5.78. The molecular formula is C11H21NO. The Bertz CT molecular complexity index is 179. The van der Waals surface area contributed by atoms with Gasteiger partial charge in [-0.15, -0.1) is 0 Å². The number of carbonyl (C=O) groups excluding carboxylic acids is 1. The van der Waals surface area contributed by atoms with E-state index in [-0.39, 0.29) is 0 Å². The average molecular weight is 183 g/mol. The monoisotopic (exact) mass is 183 g/mol. The van der Waals surface area contributed by atoms with Gasteiger partial charge < -0.3 is 4.90 Å². The molecule has 0 spiro atoms. The molecule has 0 saturated carbocycles. The van der Waals surface area contributed by atoms with Crippen molar-refractivity contribution in [3.63, 3.8) is 0 Å². The number of likely N-dealkylation sites (tertiary alicyclic amines) is 1. The quantitative estimate of drug-likeness (QED) is 0.655. The van der Waals surface area contributed by atoms with Crippen LogP contribution in [0.3, 0.4) is 0 Å². The van der Waals surface area contributed by atoms with E-state index >= 15 is 0 Å². The summed E-state index contributed by atoms with van der Waals surface area (Å²) in [5.41, 5.74) is 0. The van der Waals surface area contributed by atoms with E-state index in [1.54, 1.807) is 0 Å². The van der Waals surface area contributed by atoms with Crippen molar-refractivity contribution in [3.05, 3.63) is 0 Å². The Balaban J connectivity index is 2.53. The lowest BCUT2D eigenvalue weighted by molar-refractivity contribution is -0.129. The second-order valence-corrected chi connectivity index (χ2v) is 4.21. The van der Waals surface area contributed by atoms with Crippen LogP contribution in [0, 0.1) is 5.92 Å². The van der Waals surface area contributed by atoms with Gasteiger partial charge in [-0.3, -0.25) is 4.79 Å². The van der Waals surface area contributed by atoms with Gasteiger partial charge in [-0.2, -0.15) is 0 Å². The van der Waals surface area contributed by atoms with E-state index in [0.29, 0.717) is 17.9 Å². The molecule has 1 aliphatic heterocycles. The lowest BCUT2D eigenvalue weighted by Crippen LogP contribution is -2.35. The maximum Gasteiger partial charge on any atom is 0.223 e. The van der Waals surface area contributed by atoms with Gasteiger partial charge in [-0.05, 0) is 18.8 Å². The molecule has 1 rings (SSSR count). The van der Waals surface area contributed by atoms with Crippen molar-refractivity contribution in [1.82, 2.24) is 4.90 Å². The Morgan fingerprint density at radius 3 is 2.62 bits per heavy atom. The largest absolute Gasteiger partial charge is 0.339 e. The molecule has 2 nitrogen and oxygen atoms in total. The maximum absolute atomic E-state index is 11.6. The predicted octanol–water partition coefficient (Wildman–Crippen LogP) is 2.43. The topological polar surface area (TPSA) is 20.3 Å². The molecule has 0 aromatic heterocycles. The van der Waals surface area contributed by atoms with Crippen LogP contribution in [0.5, 0.6) is 0 Å². The molecule has 1 aliphatic rings. The third kappa shape index (κ3) is 2.45. The second kappa shape index (κ2) is 4.64. The summed E-state index contributed by atoms with van der Waals surface area (Å²) in [5.74, 6) is 0.936. The summed E-state index contributed by atoms with van der Waals surface area (Å²) in [5, 5.41) is 0. The Morgan fingerprint density at radius 1 is 1.54 bits per heavy atom. The van der Waals surface area contributed by atoms with Crippen LogP contribution < -0.4 is 0 Å². The van der Waals surface area contributed by atoms with Crippen molar-refractivity contribution in [2.75, 3.05) is 6.54 Å². The van der Waals surface area contributed by atoms with Gasteiger partial charge in [0.05, 0.1) is 0 Å². The molecule has 2 atom stereocenters. The SMILES string of the molecule is CCCC(CC)N1CC(C)CC1=O. The van der Waals surface area contributed by atoms with Crippen molar-refractivity contribution in [3.8, 4) is 0 Å². The molecule has 1 saturated heterocycles. The number of hydrogen-bond donors (Lipinski definition) is 0. The van der Waals surface area contributed by atoms with Gasteiger partial charge in [0.1, 0.15) is 0 Å². The minimum absolute atomic E-state index is 0.368. The predicted molar refractivity (Wildman–Crippen MR) is 54.5 cm³/mol. The minimum Gasteiger partial charge on any atom is -0.339 e. The molecule has 1 fully saturated rings. The summed E-state index contributed by atoms with van der Waals surface area (Å²) in [6.07, 6.45) is 4.21. The van der Waals surface area contributed by atoms with Crippen LogP contribution in [0.1, 0.15) is 46.5 Å². The fraction of sp³-hybridized carbons (Fsp3) is 0.909. The summed E-state index contributed by atoms with van der Waals surface area (Å²) in [7, 11) is 0. The average Bonchev–Trinajstić information content (AvgIpc) is 2.41.